The molecule has 0 spiro atoms. The van der Waals surface area contributed by atoms with Crippen LogP contribution in [0.4, 0.5) is 15.8 Å². The lowest BCUT2D eigenvalue weighted by Crippen LogP contribution is -2.52. The molecule has 3 fully saturated rings. The van der Waals surface area contributed by atoms with Gasteiger partial charge in [-0.3, -0.25) is 24.6 Å². The highest BCUT2D eigenvalue weighted by molar-refractivity contribution is 6.05. The fourth-order valence-corrected chi connectivity index (χ4v) is 9.44. The molecule has 11 heteroatoms. The number of phenols is 1. The zero-order valence-corrected chi connectivity index (χ0v) is 30.8. The van der Waals surface area contributed by atoms with Gasteiger partial charge in [0.1, 0.15) is 23.4 Å². The highest BCUT2D eigenvalue weighted by Gasteiger charge is 2.40. The molecule has 3 unspecified atom stereocenters. The number of hydrogen-bond donors (Lipinski definition) is 2. The van der Waals surface area contributed by atoms with Gasteiger partial charge in [0.25, 0.3) is 5.91 Å². The maximum atomic E-state index is 16.1. The summed E-state index contributed by atoms with van der Waals surface area (Å²) in [5.41, 5.74) is 6.31. The monoisotopic (exact) mass is 743 g/mol. The van der Waals surface area contributed by atoms with Crippen molar-refractivity contribution in [2.24, 2.45) is 5.92 Å². The van der Waals surface area contributed by atoms with Gasteiger partial charge in [-0.25, -0.2) is 4.39 Å². The van der Waals surface area contributed by atoms with Gasteiger partial charge in [0.2, 0.25) is 11.8 Å². The van der Waals surface area contributed by atoms with Gasteiger partial charge in [0, 0.05) is 93.5 Å². The van der Waals surface area contributed by atoms with E-state index < -0.39 is 6.04 Å². The number of imide groups is 1. The Kier molecular flexibility index (Phi) is 9.41. The molecule has 3 amide bonds. The van der Waals surface area contributed by atoms with Crippen molar-refractivity contribution in [1.82, 2.24) is 15.1 Å². The van der Waals surface area contributed by atoms with Crippen LogP contribution < -0.4 is 19.9 Å². The lowest BCUT2D eigenvalue weighted by molar-refractivity contribution is -0.136. The van der Waals surface area contributed by atoms with Crippen molar-refractivity contribution >= 4 is 29.1 Å². The number of benzene rings is 4. The average Bonchev–Trinajstić information content (AvgIpc) is 3.53. The number of carbonyl (C=O) groups excluding carboxylic acids is 3. The van der Waals surface area contributed by atoms with Crippen molar-refractivity contribution in [2.75, 3.05) is 62.2 Å². The van der Waals surface area contributed by atoms with Crippen LogP contribution in [0.1, 0.15) is 70.1 Å². The van der Waals surface area contributed by atoms with Gasteiger partial charge in [-0.05, 0) is 78.3 Å². The van der Waals surface area contributed by atoms with E-state index >= 15 is 4.39 Å². The Morgan fingerprint density at radius 3 is 2.36 bits per heavy atom. The van der Waals surface area contributed by atoms with E-state index in [0.717, 1.165) is 86.6 Å². The van der Waals surface area contributed by atoms with Crippen molar-refractivity contribution in [3.05, 3.63) is 119 Å². The summed E-state index contributed by atoms with van der Waals surface area (Å²) in [6, 6.07) is 26.6. The molecule has 4 aromatic carbocycles. The first-order valence-corrected chi connectivity index (χ1v) is 19.6. The van der Waals surface area contributed by atoms with Gasteiger partial charge in [-0.1, -0.05) is 42.5 Å². The zero-order chi connectivity index (χ0) is 37.6. The Morgan fingerprint density at radius 1 is 0.800 bits per heavy atom. The van der Waals surface area contributed by atoms with Crippen LogP contribution in [-0.2, 0) is 16.1 Å². The molecule has 55 heavy (non-hydrogen) atoms. The van der Waals surface area contributed by atoms with Crippen LogP contribution in [0.25, 0.3) is 0 Å². The van der Waals surface area contributed by atoms with E-state index in [2.05, 4.69) is 44.3 Å². The van der Waals surface area contributed by atoms with Gasteiger partial charge >= 0.3 is 0 Å². The number of ether oxygens (including phenoxy) is 1. The van der Waals surface area contributed by atoms with Crippen LogP contribution in [0, 0.1) is 11.7 Å². The lowest BCUT2D eigenvalue weighted by atomic mass is 9.76. The van der Waals surface area contributed by atoms with E-state index in [1.807, 2.05) is 42.5 Å². The molecular formula is C44H46FN5O5. The van der Waals surface area contributed by atoms with E-state index in [4.69, 9.17) is 4.74 Å². The standard InChI is InChI=1S/C44H46FN5O5/c45-37-23-30(42-35-10-8-33(51)24-40(35)55-27-36(42)29-4-2-1-3-5-29)6-11-38(37)49-16-14-28(15-17-49)25-47-18-20-48(21-19-47)32-7-9-34-31(22-32)26-50(44(34)54)39-12-13-41(52)46-43(39)53/h1-11,22-24,28,36,39,42,51H,12-21,25-27H2,(H,46,52,53). The summed E-state index contributed by atoms with van der Waals surface area (Å²) in [5, 5.41) is 12.5. The van der Waals surface area contributed by atoms with Crippen molar-refractivity contribution < 1.29 is 28.6 Å². The summed E-state index contributed by atoms with van der Waals surface area (Å²) >= 11 is 0. The molecule has 4 aromatic rings. The minimum absolute atomic E-state index is 0.0120. The molecule has 3 atom stereocenters. The van der Waals surface area contributed by atoms with Gasteiger partial charge in [0.15, 0.2) is 0 Å². The number of anilines is 2. The minimum Gasteiger partial charge on any atom is -0.508 e. The number of rotatable bonds is 7. The molecule has 9 rings (SSSR count). The third-order valence-electron chi connectivity index (χ3n) is 12.4. The number of nitrogens with one attached hydrogen (secondary N) is 1. The summed E-state index contributed by atoms with van der Waals surface area (Å²) in [5.74, 6) is 0.232. The molecule has 5 aliphatic heterocycles. The summed E-state index contributed by atoms with van der Waals surface area (Å²) < 4.78 is 22.2. The number of carbonyl (C=O) groups is 3. The molecule has 0 aliphatic carbocycles. The normalized spacial score (nSPS) is 23.3. The number of phenolic OH excluding ortho intramolecular Hbond substituents is 1. The molecule has 0 radical (unpaired) electrons. The van der Waals surface area contributed by atoms with E-state index in [-0.39, 0.29) is 47.5 Å². The molecule has 0 aromatic heterocycles. The minimum atomic E-state index is -0.609. The first-order valence-electron chi connectivity index (χ1n) is 19.6. The number of halogens is 1. The van der Waals surface area contributed by atoms with Gasteiger partial charge in [0.05, 0.1) is 12.3 Å². The topological polar surface area (TPSA) is 106 Å². The summed E-state index contributed by atoms with van der Waals surface area (Å²) in [4.78, 5) is 45.9. The van der Waals surface area contributed by atoms with Crippen LogP contribution in [0.3, 0.4) is 0 Å². The van der Waals surface area contributed by atoms with Crippen LogP contribution in [0.2, 0.25) is 0 Å². The fourth-order valence-electron chi connectivity index (χ4n) is 9.44. The largest absolute Gasteiger partial charge is 0.508 e. The van der Waals surface area contributed by atoms with Gasteiger partial charge < -0.3 is 24.5 Å². The molecule has 5 aliphatic rings. The number of fused-ring (bicyclic) bond motifs is 2. The molecular weight excluding hydrogens is 698 g/mol. The Balaban J connectivity index is 0.795. The van der Waals surface area contributed by atoms with E-state index in [9.17, 15) is 19.5 Å². The van der Waals surface area contributed by atoms with Crippen molar-refractivity contribution in [1.29, 1.82) is 0 Å². The second kappa shape index (κ2) is 14.7. The predicted octanol–water partition coefficient (Wildman–Crippen LogP) is 5.64. The Morgan fingerprint density at radius 2 is 1.60 bits per heavy atom. The van der Waals surface area contributed by atoms with Crippen LogP contribution in [0.5, 0.6) is 11.5 Å². The quantitative estimate of drug-likeness (QED) is 0.235. The maximum absolute atomic E-state index is 16.1. The smallest absolute Gasteiger partial charge is 0.255 e. The third kappa shape index (κ3) is 6.90. The fraction of sp³-hybridized carbons (Fsp3) is 0.386. The molecule has 10 nitrogen and oxygen atoms in total. The predicted molar refractivity (Wildman–Crippen MR) is 207 cm³/mol. The Hall–Kier alpha value is -5.42. The Labute approximate surface area is 320 Å². The van der Waals surface area contributed by atoms with Crippen molar-refractivity contribution in [3.63, 3.8) is 0 Å². The van der Waals surface area contributed by atoms with Gasteiger partial charge in [-0.2, -0.15) is 0 Å². The lowest BCUT2D eigenvalue weighted by Gasteiger charge is -2.40. The van der Waals surface area contributed by atoms with Crippen LogP contribution in [-0.4, -0.2) is 91.1 Å². The zero-order valence-electron chi connectivity index (χ0n) is 30.8. The summed E-state index contributed by atoms with van der Waals surface area (Å²) in [7, 11) is 0. The van der Waals surface area contributed by atoms with Crippen molar-refractivity contribution in [3.8, 4) is 11.5 Å². The third-order valence-corrected chi connectivity index (χ3v) is 12.4. The van der Waals surface area contributed by atoms with E-state index in [0.29, 0.717) is 42.5 Å². The van der Waals surface area contributed by atoms with E-state index in [1.54, 1.807) is 23.1 Å². The molecule has 0 saturated carbocycles. The summed E-state index contributed by atoms with van der Waals surface area (Å²) in [6.07, 6.45) is 2.63. The average molecular weight is 744 g/mol. The molecule has 0 bridgehead atoms. The Bertz CT molecular complexity index is 2110. The molecule has 5 heterocycles. The van der Waals surface area contributed by atoms with Crippen LogP contribution in [0.15, 0.2) is 84.9 Å². The summed E-state index contributed by atoms with van der Waals surface area (Å²) in [6.45, 7) is 7.18. The maximum Gasteiger partial charge on any atom is 0.255 e. The number of aromatic hydroxyl groups is 1. The number of hydrogen-bond acceptors (Lipinski definition) is 8. The first-order chi connectivity index (χ1) is 26.8. The second-order valence-corrected chi connectivity index (χ2v) is 15.7. The molecule has 2 N–H and O–H groups in total. The number of piperidine rings is 2. The first kappa shape index (κ1) is 35.3. The van der Waals surface area contributed by atoms with Gasteiger partial charge in [-0.15, -0.1) is 0 Å². The number of amides is 3. The second-order valence-electron chi connectivity index (χ2n) is 15.7. The number of nitrogens with zero attached hydrogens (tertiary/aromatic N) is 4. The molecule has 284 valence electrons. The highest BCUT2D eigenvalue weighted by Crippen LogP contribution is 2.47. The van der Waals surface area contributed by atoms with Crippen molar-refractivity contribution in [2.45, 2.75) is 50.1 Å². The van der Waals surface area contributed by atoms with Crippen LogP contribution >= 0.6 is 0 Å². The number of piperazine rings is 1. The highest BCUT2D eigenvalue weighted by atomic mass is 19.1. The molecule has 3 saturated heterocycles. The van der Waals surface area contributed by atoms with E-state index in [1.165, 1.54) is 0 Å². The SMILES string of the molecule is O=C1CCC(N2Cc3cc(N4CCN(CC5CCN(c6ccc(C7c8ccc(O)cc8OCC7c7ccccc7)cc6F)CC5)CC4)ccc3C2=O)C(=O)N1.